The first-order chi connectivity index (χ1) is 10.8. The van der Waals surface area contributed by atoms with Gasteiger partial charge in [0, 0.05) is 11.1 Å². The largest absolute Gasteiger partial charge is 0.343 e. The summed E-state index contributed by atoms with van der Waals surface area (Å²) in [4.78, 5) is 12.2. The second-order valence-electron chi connectivity index (χ2n) is 5.39. The molecule has 0 saturated heterocycles. The van der Waals surface area contributed by atoms with Crippen molar-refractivity contribution in [3.8, 4) is 22.4 Å². The molecule has 3 heteroatoms. The van der Waals surface area contributed by atoms with E-state index in [2.05, 4.69) is 64.3 Å². The Kier molecular flexibility index (Phi) is 2.97. The summed E-state index contributed by atoms with van der Waals surface area (Å²) in [5.74, 6) is 0. The fourth-order valence-corrected chi connectivity index (χ4v) is 2.64. The first kappa shape index (κ1) is 12.8. The lowest BCUT2D eigenvalue weighted by Gasteiger charge is -2.07. The van der Waals surface area contributed by atoms with Gasteiger partial charge in [-0.25, -0.2) is 9.97 Å². The molecule has 0 aliphatic rings. The zero-order chi connectivity index (χ0) is 14.9. The summed E-state index contributed by atoms with van der Waals surface area (Å²) in [5, 5.41) is 0. The molecule has 2 heterocycles. The van der Waals surface area contributed by atoms with Crippen molar-refractivity contribution in [1.82, 2.24) is 15.0 Å². The zero-order valence-corrected chi connectivity index (χ0v) is 12.2. The molecule has 1 N–H and O–H groups in total. The lowest BCUT2D eigenvalue weighted by molar-refractivity contribution is 1.30. The van der Waals surface area contributed by atoms with Crippen LogP contribution in [0.25, 0.3) is 33.5 Å². The van der Waals surface area contributed by atoms with Gasteiger partial charge >= 0.3 is 0 Å². The number of imidazole rings is 1. The van der Waals surface area contributed by atoms with Gasteiger partial charge < -0.3 is 4.98 Å². The summed E-state index contributed by atoms with van der Waals surface area (Å²) in [6.07, 6.45) is 1.70. The number of pyridine rings is 1. The highest BCUT2D eigenvalue weighted by Crippen LogP contribution is 2.30. The maximum atomic E-state index is 4.68. The molecule has 0 saturated carbocycles. The predicted octanol–water partition coefficient (Wildman–Crippen LogP) is 4.60. The van der Waals surface area contributed by atoms with Crippen LogP contribution in [-0.4, -0.2) is 15.0 Å². The Morgan fingerprint density at radius 2 is 1.64 bits per heavy atom. The number of fused-ring (bicyclic) bond motifs is 1. The van der Waals surface area contributed by atoms with Crippen LogP contribution in [0.5, 0.6) is 0 Å². The molecule has 2 aromatic carbocycles. The van der Waals surface area contributed by atoms with Crippen molar-refractivity contribution >= 4 is 11.2 Å². The average Bonchev–Trinajstić information content (AvgIpc) is 3.04. The van der Waals surface area contributed by atoms with Crippen molar-refractivity contribution < 1.29 is 0 Å². The first-order valence-electron chi connectivity index (χ1n) is 7.28. The van der Waals surface area contributed by atoms with Crippen LogP contribution in [0.1, 0.15) is 5.56 Å². The third-order valence-electron chi connectivity index (χ3n) is 3.83. The van der Waals surface area contributed by atoms with Gasteiger partial charge in [0.1, 0.15) is 0 Å². The summed E-state index contributed by atoms with van der Waals surface area (Å²) in [6, 6.07) is 20.9. The van der Waals surface area contributed by atoms with Crippen LogP contribution >= 0.6 is 0 Å². The van der Waals surface area contributed by atoms with Crippen molar-refractivity contribution in [3.63, 3.8) is 0 Å². The second-order valence-corrected chi connectivity index (χ2v) is 5.39. The Bertz CT molecular complexity index is 922. The van der Waals surface area contributed by atoms with E-state index in [1.807, 2.05) is 18.2 Å². The van der Waals surface area contributed by atoms with Crippen LogP contribution < -0.4 is 0 Å². The van der Waals surface area contributed by atoms with Gasteiger partial charge in [-0.15, -0.1) is 0 Å². The molecule has 4 rings (SSSR count). The van der Waals surface area contributed by atoms with E-state index < -0.39 is 0 Å². The van der Waals surface area contributed by atoms with Gasteiger partial charge in [-0.3, -0.25) is 0 Å². The molecule has 0 amide bonds. The maximum Gasteiger partial charge on any atom is 0.178 e. The molecular weight excluding hydrogens is 270 g/mol. The number of aromatic nitrogens is 3. The molecule has 4 aromatic rings. The zero-order valence-electron chi connectivity index (χ0n) is 12.2. The number of hydrogen-bond acceptors (Lipinski definition) is 2. The van der Waals surface area contributed by atoms with Crippen LogP contribution in [-0.2, 0) is 0 Å². The van der Waals surface area contributed by atoms with Gasteiger partial charge in [-0.1, -0.05) is 60.2 Å². The summed E-state index contributed by atoms with van der Waals surface area (Å²) < 4.78 is 0. The van der Waals surface area contributed by atoms with E-state index in [9.17, 15) is 0 Å². The van der Waals surface area contributed by atoms with Crippen molar-refractivity contribution in [1.29, 1.82) is 0 Å². The number of nitrogens with zero attached hydrogens (tertiary/aromatic N) is 2. The highest BCUT2D eigenvalue weighted by atomic mass is 15.0. The summed E-state index contributed by atoms with van der Waals surface area (Å²) >= 11 is 0. The Hall–Kier alpha value is -2.94. The molecule has 2 aromatic heterocycles. The molecule has 0 fully saturated rings. The predicted molar refractivity (Wildman–Crippen MR) is 89.5 cm³/mol. The molecule has 0 atom stereocenters. The fraction of sp³-hybridized carbons (Fsp3) is 0.0526. The third-order valence-corrected chi connectivity index (χ3v) is 3.83. The Labute approximate surface area is 128 Å². The Balaban J connectivity index is 1.96. The molecule has 0 unspecified atom stereocenters. The molecule has 106 valence electrons. The molecule has 0 bridgehead atoms. The minimum Gasteiger partial charge on any atom is -0.343 e. The van der Waals surface area contributed by atoms with Crippen molar-refractivity contribution in [3.05, 3.63) is 72.6 Å². The van der Waals surface area contributed by atoms with E-state index in [-0.39, 0.29) is 0 Å². The normalized spacial score (nSPS) is 11.0. The van der Waals surface area contributed by atoms with Gasteiger partial charge in [-0.05, 0) is 18.6 Å². The standard InChI is InChI=1S/C19H15N3/c1-13-7-9-15(10-8-13)17-11-16(14-5-3-2-4-6-14)18-19(22-17)21-12-20-18/h2-12H,1H3,(H,20,21,22). The van der Waals surface area contributed by atoms with Gasteiger partial charge in [0.05, 0.1) is 17.5 Å². The van der Waals surface area contributed by atoms with Crippen LogP contribution in [0.4, 0.5) is 0 Å². The number of aromatic amines is 1. The van der Waals surface area contributed by atoms with Crippen molar-refractivity contribution in [2.24, 2.45) is 0 Å². The van der Waals surface area contributed by atoms with Crippen LogP contribution in [0.2, 0.25) is 0 Å². The molecule has 0 spiro atoms. The molecule has 0 radical (unpaired) electrons. The highest BCUT2D eigenvalue weighted by molar-refractivity contribution is 5.92. The van der Waals surface area contributed by atoms with Crippen molar-refractivity contribution in [2.45, 2.75) is 6.92 Å². The molecule has 3 nitrogen and oxygen atoms in total. The van der Waals surface area contributed by atoms with Gasteiger partial charge in [0.25, 0.3) is 0 Å². The second kappa shape index (κ2) is 5.11. The minimum atomic E-state index is 0.747. The maximum absolute atomic E-state index is 4.68. The quantitative estimate of drug-likeness (QED) is 0.584. The van der Waals surface area contributed by atoms with E-state index in [1.165, 1.54) is 5.56 Å². The van der Waals surface area contributed by atoms with Crippen LogP contribution in [0, 0.1) is 6.92 Å². The fourth-order valence-electron chi connectivity index (χ4n) is 2.64. The number of hydrogen-bond donors (Lipinski definition) is 1. The molecular formula is C19H15N3. The number of rotatable bonds is 2. The number of aryl methyl sites for hydroxylation is 1. The highest BCUT2D eigenvalue weighted by Gasteiger charge is 2.11. The van der Waals surface area contributed by atoms with E-state index in [0.29, 0.717) is 0 Å². The van der Waals surface area contributed by atoms with E-state index in [4.69, 9.17) is 0 Å². The van der Waals surface area contributed by atoms with E-state index in [1.54, 1.807) is 6.33 Å². The first-order valence-corrected chi connectivity index (χ1v) is 7.28. The number of nitrogens with one attached hydrogen (secondary N) is 1. The summed E-state index contributed by atoms with van der Waals surface area (Å²) in [5.41, 5.74) is 7.30. The van der Waals surface area contributed by atoms with E-state index in [0.717, 1.165) is 33.5 Å². The lowest BCUT2D eigenvalue weighted by atomic mass is 10.0. The van der Waals surface area contributed by atoms with E-state index >= 15 is 0 Å². The topological polar surface area (TPSA) is 41.6 Å². The third kappa shape index (κ3) is 2.17. The Morgan fingerprint density at radius 1 is 0.864 bits per heavy atom. The number of H-pyrrole nitrogens is 1. The summed E-state index contributed by atoms with van der Waals surface area (Å²) in [6.45, 7) is 2.09. The molecule has 0 aliphatic heterocycles. The SMILES string of the molecule is Cc1ccc(-c2cc(-c3ccccc3)c3[nH]cnc3n2)cc1. The Morgan fingerprint density at radius 3 is 2.41 bits per heavy atom. The van der Waals surface area contributed by atoms with Crippen LogP contribution in [0.3, 0.4) is 0 Å². The minimum absolute atomic E-state index is 0.747. The molecule has 22 heavy (non-hydrogen) atoms. The lowest BCUT2D eigenvalue weighted by Crippen LogP contribution is -1.89. The van der Waals surface area contributed by atoms with Crippen molar-refractivity contribution in [2.75, 3.05) is 0 Å². The van der Waals surface area contributed by atoms with Gasteiger partial charge in [0.15, 0.2) is 5.65 Å². The van der Waals surface area contributed by atoms with Gasteiger partial charge in [0.2, 0.25) is 0 Å². The average molecular weight is 285 g/mol. The monoisotopic (exact) mass is 285 g/mol. The smallest absolute Gasteiger partial charge is 0.178 e. The summed E-state index contributed by atoms with van der Waals surface area (Å²) in [7, 11) is 0. The van der Waals surface area contributed by atoms with Gasteiger partial charge in [-0.2, -0.15) is 0 Å². The molecule has 0 aliphatic carbocycles. The van der Waals surface area contributed by atoms with Crippen LogP contribution in [0.15, 0.2) is 67.0 Å². The number of benzene rings is 2.